The summed E-state index contributed by atoms with van der Waals surface area (Å²) in [6.07, 6.45) is 6.57. The number of nitrogens with zero attached hydrogens (tertiary/aromatic N) is 1. The lowest BCUT2D eigenvalue weighted by Gasteiger charge is -2.22. The lowest BCUT2D eigenvalue weighted by atomic mass is 9.98. The molecule has 1 aromatic rings. The number of rotatable bonds is 2. The molecule has 0 bridgehead atoms. The number of aromatic nitrogens is 1. The average molecular weight is 208 g/mol. The highest BCUT2D eigenvalue weighted by molar-refractivity contribution is 7.11. The van der Waals surface area contributed by atoms with Crippen molar-refractivity contribution in [2.24, 2.45) is 0 Å². The van der Waals surface area contributed by atoms with Gasteiger partial charge >= 0.3 is 0 Å². The maximum Gasteiger partial charge on any atom is 0.0900 e. The van der Waals surface area contributed by atoms with Crippen LogP contribution in [0.25, 0.3) is 0 Å². The van der Waals surface area contributed by atoms with Crippen LogP contribution >= 0.6 is 11.3 Å². The van der Waals surface area contributed by atoms with Crippen LogP contribution in [0.5, 0.6) is 0 Å². The Morgan fingerprint density at radius 1 is 1.36 bits per heavy atom. The quantitative estimate of drug-likeness (QED) is 0.808. The van der Waals surface area contributed by atoms with Crippen molar-refractivity contribution in [2.75, 3.05) is 0 Å². The molecule has 0 radical (unpaired) electrons. The van der Waals surface area contributed by atoms with Crippen LogP contribution in [0.1, 0.15) is 47.3 Å². The zero-order valence-corrected chi connectivity index (χ0v) is 9.36. The summed E-state index contributed by atoms with van der Waals surface area (Å²) in [4.78, 5) is 6.14. The van der Waals surface area contributed by atoms with E-state index in [-0.39, 0.29) is 0 Å². The second-order valence-corrected chi connectivity index (χ2v) is 5.66. The summed E-state index contributed by atoms with van der Waals surface area (Å²) in [6.45, 7) is 2.12. The van der Waals surface area contributed by atoms with Crippen LogP contribution in [0.15, 0.2) is 0 Å². The smallest absolute Gasteiger partial charge is 0.0900 e. The van der Waals surface area contributed by atoms with Gasteiger partial charge in [-0.05, 0) is 39.0 Å². The summed E-state index contributed by atoms with van der Waals surface area (Å²) < 4.78 is 0. The van der Waals surface area contributed by atoms with Crippen LogP contribution in [0.4, 0.5) is 0 Å². The van der Waals surface area contributed by atoms with Crippen LogP contribution in [-0.2, 0) is 6.42 Å². The monoisotopic (exact) mass is 208 g/mol. The van der Waals surface area contributed by atoms with E-state index in [0.717, 1.165) is 6.04 Å². The third kappa shape index (κ3) is 1.59. The van der Waals surface area contributed by atoms with Crippen LogP contribution < -0.4 is 5.32 Å². The standard InChI is InChI=1S/C11H16N2S/c1-7-12-9-3-2-4-10(11(9)14-7)13-8-5-6-8/h8,10,13H,2-6H2,1H3. The van der Waals surface area contributed by atoms with Gasteiger partial charge in [0.2, 0.25) is 0 Å². The van der Waals surface area contributed by atoms with E-state index in [1.165, 1.54) is 47.7 Å². The molecule has 1 unspecified atom stereocenters. The summed E-state index contributed by atoms with van der Waals surface area (Å²) in [6, 6.07) is 1.44. The van der Waals surface area contributed by atoms with Gasteiger partial charge in [0.05, 0.1) is 10.7 Å². The lowest BCUT2D eigenvalue weighted by Crippen LogP contribution is -2.25. The number of aryl methyl sites for hydroxylation is 2. The van der Waals surface area contributed by atoms with Crippen molar-refractivity contribution in [1.29, 1.82) is 0 Å². The fraction of sp³-hybridized carbons (Fsp3) is 0.727. The minimum Gasteiger partial charge on any atom is -0.306 e. The highest BCUT2D eigenvalue weighted by Gasteiger charge is 2.29. The number of hydrogen-bond acceptors (Lipinski definition) is 3. The molecule has 1 N–H and O–H groups in total. The number of fused-ring (bicyclic) bond motifs is 1. The third-order valence-corrected chi connectivity index (χ3v) is 4.20. The zero-order valence-electron chi connectivity index (χ0n) is 8.55. The van der Waals surface area contributed by atoms with Gasteiger partial charge in [0, 0.05) is 17.0 Å². The first-order valence-corrected chi connectivity index (χ1v) is 6.37. The topological polar surface area (TPSA) is 24.9 Å². The van der Waals surface area contributed by atoms with Gasteiger partial charge in [0.1, 0.15) is 0 Å². The molecule has 2 aliphatic carbocycles. The van der Waals surface area contributed by atoms with Gasteiger partial charge in [0.15, 0.2) is 0 Å². The van der Waals surface area contributed by atoms with Gasteiger partial charge < -0.3 is 5.32 Å². The summed E-state index contributed by atoms with van der Waals surface area (Å²) in [5.74, 6) is 0. The molecule has 1 aromatic heterocycles. The molecular formula is C11H16N2S. The van der Waals surface area contributed by atoms with Crippen molar-refractivity contribution in [2.45, 2.75) is 51.1 Å². The van der Waals surface area contributed by atoms with E-state index in [1.807, 2.05) is 11.3 Å². The van der Waals surface area contributed by atoms with Crippen LogP contribution in [-0.4, -0.2) is 11.0 Å². The molecule has 76 valence electrons. The molecule has 1 fully saturated rings. The highest BCUT2D eigenvalue weighted by Crippen LogP contribution is 2.36. The second kappa shape index (κ2) is 3.31. The largest absolute Gasteiger partial charge is 0.306 e. The lowest BCUT2D eigenvalue weighted by molar-refractivity contribution is 0.462. The van der Waals surface area contributed by atoms with E-state index in [0.29, 0.717) is 6.04 Å². The predicted octanol–water partition coefficient (Wildman–Crippen LogP) is 2.58. The molecule has 1 atom stereocenters. The predicted molar refractivity (Wildman–Crippen MR) is 58.7 cm³/mol. The Bertz CT molecular complexity index is 341. The summed E-state index contributed by atoms with van der Waals surface area (Å²) >= 11 is 1.89. The van der Waals surface area contributed by atoms with E-state index in [2.05, 4.69) is 17.2 Å². The van der Waals surface area contributed by atoms with E-state index < -0.39 is 0 Å². The molecule has 14 heavy (non-hydrogen) atoms. The fourth-order valence-electron chi connectivity index (χ4n) is 2.24. The summed E-state index contributed by atoms with van der Waals surface area (Å²) in [5.41, 5.74) is 1.37. The first-order chi connectivity index (χ1) is 6.83. The Labute approximate surface area is 88.7 Å². The SMILES string of the molecule is Cc1nc2c(s1)C(NC1CC1)CCC2. The molecule has 0 saturated heterocycles. The fourth-order valence-corrected chi connectivity index (χ4v) is 3.30. The molecule has 3 rings (SSSR count). The molecular weight excluding hydrogens is 192 g/mol. The van der Waals surface area contributed by atoms with Crippen molar-refractivity contribution >= 4 is 11.3 Å². The molecule has 2 nitrogen and oxygen atoms in total. The molecule has 1 saturated carbocycles. The minimum absolute atomic E-state index is 0.623. The van der Waals surface area contributed by atoms with Crippen molar-refractivity contribution in [3.05, 3.63) is 15.6 Å². The Hall–Kier alpha value is -0.410. The first-order valence-electron chi connectivity index (χ1n) is 5.55. The Morgan fingerprint density at radius 2 is 2.21 bits per heavy atom. The van der Waals surface area contributed by atoms with Crippen molar-refractivity contribution in [3.63, 3.8) is 0 Å². The van der Waals surface area contributed by atoms with Crippen molar-refractivity contribution in [1.82, 2.24) is 10.3 Å². The average Bonchev–Trinajstić information content (AvgIpc) is 2.87. The van der Waals surface area contributed by atoms with Crippen LogP contribution in [0.3, 0.4) is 0 Å². The maximum atomic E-state index is 4.61. The number of nitrogens with one attached hydrogen (secondary N) is 1. The van der Waals surface area contributed by atoms with Gasteiger partial charge in [-0.2, -0.15) is 0 Å². The Balaban J connectivity index is 1.85. The normalized spacial score (nSPS) is 26.2. The Kier molecular flexibility index (Phi) is 2.10. The van der Waals surface area contributed by atoms with E-state index in [4.69, 9.17) is 0 Å². The van der Waals surface area contributed by atoms with Gasteiger partial charge in [-0.1, -0.05) is 0 Å². The van der Waals surface area contributed by atoms with E-state index in [9.17, 15) is 0 Å². The van der Waals surface area contributed by atoms with Gasteiger partial charge in [-0.25, -0.2) is 4.98 Å². The zero-order chi connectivity index (χ0) is 9.54. The van der Waals surface area contributed by atoms with E-state index >= 15 is 0 Å². The maximum absolute atomic E-state index is 4.61. The summed E-state index contributed by atoms with van der Waals surface area (Å²) in [5, 5.41) is 4.97. The summed E-state index contributed by atoms with van der Waals surface area (Å²) in [7, 11) is 0. The molecule has 2 aliphatic rings. The van der Waals surface area contributed by atoms with Gasteiger partial charge in [-0.3, -0.25) is 0 Å². The molecule has 0 aliphatic heterocycles. The second-order valence-electron chi connectivity index (χ2n) is 4.43. The van der Waals surface area contributed by atoms with Crippen LogP contribution in [0.2, 0.25) is 0 Å². The number of thiazole rings is 1. The molecule has 1 heterocycles. The molecule has 3 heteroatoms. The molecule has 0 spiro atoms. The molecule has 0 amide bonds. The van der Waals surface area contributed by atoms with Crippen molar-refractivity contribution in [3.8, 4) is 0 Å². The highest BCUT2D eigenvalue weighted by atomic mass is 32.1. The number of hydrogen-bond donors (Lipinski definition) is 1. The third-order valence-electron chi connectivity index (χ3n) is 3.07. The first kappa shape index (κ1) is 8.86. The van der Waals surface area contributed by atoms with Gasteiger partial charge in [0.25, 0.3) is 0 Å². The minimum atomic E-state index is 0.623. The van der Waals surface area contributed by atoms with Crippen LogP contribution in [0, 0.1) is 6.92 Å². The molecule has 0 aromatic carbocycles. The van der Waals surface area contributed by atoms with E-state index in [1.54, 1.807) is 0 Å². The van der Waals surface area contributed by atoms with Crippen molar-refractivity contribution < 1.29 is 0 Å². The van der Waals surface area contributed by atoms with Gasteiger partial charge in [-0.15, -0.1) is 11.3 Å². The Morgan fingerprint density at radius 3 is 3.00 bits per heavy atom.